The second-order valence-electron chi connectivity index (χ2n) is 5.69. The Balaban J connectivity index is 2.77. The topological polar surface area (TPSA) is 21.3 Å². The number of nitrogens with one attached hydrogen (secondary N) is 1. The van der Waals surface area contributed by atoms with Crippen LogP contribution < -0.4 is 5.32 Å². The largest absolute Gasteiger partial charge is 0.377 e. The Labute approximate surface area is 101 Å². The molecule has 0 saturated heterocycles. The summed E-state index contributed by atoms with van der Waals surface area (Å²) in [5, 5.41) is 3.50. The standard InChI is InChI=1S/C14H29NO/c1-6-11-9-7-8-10-12(11)13(15-4)14(2,3)16-5/h11-13,15H,6-10H2,1-5H3. The van der Waals surface area contributed by atoms with Crippen molar-refractivity contribution in [3.05, 3.63) is 0 Å². The van der Waals surface area contributed by atoms with E-state index in [2.05, 4.69) is 33.1 Å². The molecule has 0 radical (unpaired) electrons. The molecule has 0 heterocycles. The van der Waals surface area contributed by atoms with Crippen LogP contribution in [0.5, 0.6) is 0 Å². The Morgan fingerprint density at radius 1 is 1.31 bits per heavy atom. The third kappa shape index (κ3) is 2.98. The van der Waals surface area contributed by atoms with Crippen LogP contribution in [0.2, 0.25) is 0 Å². The van der Waals surface area contributed by atoms with Gasteiger partial charge in [0.15, 0.2) is 0 Å². The lowest BCUT2D eigenvalue weighted by atomic mass is 9.70. The summed E-state index contributed by atoms with van der Waals surface area (Å²) in [6.07, 6.45) is 6.87. The van der Waals surface area contributed by atoms with Crippen LogP contribution in [0.4, 0.5) is 0 Å². The number of hydrogen-bond acceptors (Lipinski definition) is 2. The predicted octanol–water partition coefficient (Wildman–Crippen LogP) is 3.22. The van der Waals surface area contributed by atoms with Crippen LogP contribution in [0.3, 0.4) is 0 Å². The van der Waals surface area contributed by atoms with Gasteiger partial charge in [-0.05, 0) is 39.2 Å². The van der Waals surface area contributed by atoms with Gasteiger partial charge in [0.2, 0.25) is 0 Å². The molecule has 0 bridgehead atoms. The summed E-state index contributed by atoms with van der Waals surface area (Å²) in [7, 11) is 3.90. The highest BCUT2D eigenvalue weighted by Gasteiger charge is 2.38. The fourth-order valence-electron chi connectivity index (χ4n) is 3.39. The Morgan fingerprint density at radius 3 is 2.44 bits per heavy atom. The minimum absolute atomic E-state index is 0.0653. The van der Waals surface area contributed by atoms with Crippen molar-refractivity contribution in [3.63, 3.8) is 0 Å². The molecule has 1 rings (SSSR count). The van der Waals surface area contributed by atoms with Crippen LogP contribution in [-0.2, 0) is 4.74 Å². The molecule has 0 aliphatic heterocycles. The second-order valence-corrected chi connectivity index (χ2v) is 5.69. The van der Waals surface area contributed by atoms with Gasteiger partial charge in [-0.15, -0.1) is 0 Å². The average Bonchev–Trinajstić information content (AvgIpc) is 2.30. The Hall–Kier alpha value is -0.0800. The van der Waals surface area contributed by atoms with Gasteiger partial charge in [0, 0.05) is 13.2 Å². The fourth-order valence-corrected chi connectivity index (χ4v) is 3.39. The molecule has 16 heavy (non-hydrogen) atoms. The number of rotatable bonds is 5. The maximum absolute atomic E-state index is 5.67. The van der Waals surface area contributed by atoms with Crippen LogP contribution in [0, 0.1) is 11.8 Å². The minimum atomic E-state index is -0.0653. The first-order chi connectivity index (χ1) is 7.56. The first kappa shape index (κ1) is 14.0. The molecule has 3 atom stereocenters. The summed E-state index contributed by atoms with van der Waals surface area (Å²) in [6, 6.07) is 0.475. The fraction of sp³-hybridized carbons (Fsp3) is 1.00. The van der Waals surface area contributed by atoms with Crippen molar-refractivity contribution in [2.45, 2.75) is 64.5 Å². The third-order valence-corrected chi connectivity index (χ3v) is 4.51. The Morgan fingerprint density at radius 2 is 1.94 bits per heavy atom. The SMILES string of the molecule is CCC1CCCCC1C(NC)C(C)(C)OC. The molecule has 1 fully saturated rings. The smallest absolute Gasteiger partial charge is 0.0777 e. The van der Waals surface area contributed by atoms with E-state index in [9.17, 15) is 0 Å². The van der Waals surface area contributed by atoms with E-state index in [1.165, 1.54) is 32.1 Å². The highest BCUT2D eigenvalue weighted by Crippen LogP contribution is 2.38. The van der Waals surface area contributed by atoms with Crippen molar-refractivity contribution in [1.29, 1.82) is 0 Å². The van der Waals surface area contributed by atoms with Crippen LogP contribution in [0.25, 0.3) is 0 Å². The van der Waals surface area contributed by atoms with Crippen molar-refractivity contribution in [2.24, 2.45) is 11.8 Å². The summed E-state index contributed by atoms with van der Waals surface area (Å²) < 4.78 is 5.67. The van der Waals surface area contributed by atoms with E-state index in [1.54, 1.807) is 0 Å². The molecule has 1 N–H and O–H groups in total. The third-order valence-electron chi connectivity index (χ3n) is 4.51. The van der Waals surface area contributed by atoms with Gasteiger partial charge >= 0.3 is 0 Å². The molecule has 2 heteroatoms. The molecule has 0 aromatic heterocycles. The number of methoxy groups -OCH3 is 1. The zero-order valence-corrected chi connectivity index (χ0v) is 11.7. The molecular weight excluding hydrogens is 198 g/mol. The van der Waals surface area contributed by atoms with Crippen molar-refractivity contribution >= 4 is 0 Å². The van der Waals surface area contributed by atoms with Gasteiger partial charge in [-0.1, -0.05) is 32.6 Å². The van der Waals surface area contributed by atoms with Crippen molar-refractivity contribution < 1.29 is 4.74 Å². The molecular formula is C14H29NO. The van der Waals surface area contributed by atoms with E-state index in [0.29, 0.717) is 6.04 Å². The number of ether oxygens (including phenoxy) is 1. The maximum Gasteiger partial charge on any atom is 0.0777 e. The van der Waals surface area contributed by atoms with Crippen LogP contribution >= 0.6 is 0 Å². The van der Waals surface area contributed by atoms with Gasteiger partial charge < -0.3 is 10.1 Å². The van der Waals surface area contributed by atoms with Gasteiger partial charge in [-0.3, -0.25) is 0 Å². The Kier molecular flexibility index (Phi) is 5.26. The zero-order chi connectivity index (χ0) is 12.2. The molecule has 0 amide bonds. The molecule has 3 unspecified atom stereocenters. The van der Waals surface area contributed by atoms with Gasteiger partial charge in [-0.25, -0.2) is 0 Å². The molecule has 1 aliphatic rings. The molecule has 1 saturated carbocycles. The van der Waals surface area contributed by atoms with E-state index in [1.807, 2.05) is 7.11 Å². The number of hydrogen-bond donors (Lipinski definition) is 1. The second kappa shape index (κ2) is 6.02. The van der Waals surface area contributed by atoms with Crippen LogP contribution in [0.1, 0.15) is 52.9 Å². The van der Waals surface area contributed by atoms with E-state index in [-0.39, 0.29) is 5.60 Å². The number of likely N-dealkylation sites (N-methyl/N-ethyl adjacent to an activating group) is 1. The monoisotopic (exact) mass is 227 g/mol. The summed E-state index contributed by atoms with van der Waals surface area (Å²) in [5.41, 5.74) is -0.0653. The highest BCUT2D eigenvalue weighted by atomic mass is 16.5. The summed E-state index contributed by atoms with van der Waals surface area (Å²) in [5.74, 6) is 1.65. The van der Waals surface area contributed by atoms with Gasteiger partial charge in [0.1, 0.15) is 0 Å². The molecule has 2 nitrogen and oxygen atoms in total. The summed E-state index contributed by atoms with van der Waals surface area (Å²) in [6.45, 7) is 6.74. The summed E-state index contributed by atoms with van der Waals surface area (Å²) >= 11 is 0. The molecule has 1 aliphatic carbocycles. The first-order valence-electron chi connectivity index (χ1n) is 6.79. The van der Waals surface area contributed by atoms with E-state index < -0.39 is 0 Å². The lowest BCUT2D eigenvalue weighted by Crippen LogP contribution is -2.53. The van der Waals surface area contributed by atoms with Crippen molar-refractivity contribution in [3.8, 4) is 0 Å². The minimum Gasteiger partial charge on any atom is -0.377 e. The lowest BCUT2D eigenvalue weighted by Gasteiger charge is -2.43. The van der Waals surface area contributed by atoms with E-state index >= 15 is 0 Å². The zero-order valence-electron chi connectivity index (χ0n) is 11.7. The van der Waals surface area contributed by atoms with E-state index in [0.717, 1.165) is 11.8 Å². The van der Waals surface area contributed by atoms with Crippen LogP contribution in [-0.4, -0.2) is 25.8 Å². The quantitative estimate of drug-likeness (QED) is 0.778. The lowest BCUT2D eigenvalue weighted by molar-refractivity contribution is -0.0411. The van der Waals surface area contributed by atoms with Gasteiger partial charge in [0.25, 0.3) is 0 Å². The van der Waals surface area contributed by atoms with Crippen molar-refractivity contribution in [2.75, 3.05) is 14.2 Å². The predicted molar refractivity (Wildman–Crippen MR) is 69.7 cm³/mol. The van der Waals surface area contributed by atoms with Crippen LogP contribution in [0.15, 0.2) is 0 Å². The van der Waals surface area contributed by atoms with Gasteiger partial charge in [-0.2, -0.15) is 0 Å². The van der Waals surface area contributed by atoms with E-state index in [4.69, 9.17) is 4.74 Å². The summed E-state index contributed by atoms with van der Waals surface area (Å²) in [4.78, 5) is 0. The molecule has 0 aromatic carbocycles. The average molecular weight is 227 g/mol. The maximum atomic E-state index is 5.67. The van der Waals surface area contributed by atoms with Crippen molar-refractivity contribution in [1.82, 2.24) is 5.32 Å². The Bertz CT molecular complexity index is 203. The molecule has 96 valence electrons. The van der Waals surface area contributed by atoms with Gasteiger partial charge in [0.05, 0.1) is 5.60 Å². The first-order valence-corrected chi connectivity index (χ1v) is 6.79. The molecule has 0 aromatic rings. The normalized spacial score (nSPS) is 29.1. The molecule has 0 spiro atoms. The highest BCUT2D eigenvalue weighted by molar-refractivity contribution is 4.93.